The molecule has 0 aliphatic carbocycles. The van der Waals surface area contributed by atoms with Crippen LogP contribution in [-0.4, -0.2) is 164 Å². The number of amides is 6. The lowest BCUT2D eigenvalue weighted by atomic mass is 9.90. The van der Waals surface area contributed by atoms with Crippen LogP contribution in [0.25, 0.3) is 0 Å². The highest BCUT2D eigenvalue weighted by Gasteiger charge is 2.42. The van der Waals surface area contributed by atoms with Crippen molar-refractivity contribution < 1.29 is 73.4 Å². The van der Waals surface area contributed by atoms with Gasteiger partial charge >= 0.3 is 5.97 Å². The molecule has 0 heterocycles. The van der Waals surface area contributed by atoms with E-state index >= 15 is 0 Å². The number of nitrogens with two attached hydrogens (primary N) is 1. The quantitative estimate of drug-likeness (QED) is 0.0366. The molecule has 1 aromatic rings. The van der Waals surface area contributed by atoms with Gasteiger partial charge in [-0.2, -0.15) is 0 Å². The number of carbonyl (C=O) groups excluding carboxylic acids is 7. The number of carboxylic acid groups (broad SMARTS) is 1. The fraction of sp³-hybridized carbons (Fsp3) is 0.622. The van der Waals surface area contributed by atoms with E-state index in [4.69, 9.17) is 5.73 Å². The Balaban J connectivity index is 3.31. The minimum Gasteiger partial charge on any atom is -0.481 e. The van der Waals surface area contributed by atoms with Crippen molar-refractivity contribution in [3.05, 3.63) is 35.6 Å². The second-order valence-corrected chi connectivity index (χ2v) is 15.1. The minimum atomic E-state index is -2.21. The van der Waals surface area contributed by atoms with Gasteiger partial charge in [0.15, 0.2) is 0 Å². The standard InChI is InChI=1S/C37H60FN9O14/c1-18(49)15-40-31(57)24(17-48)42-32(58)28(19(2)50)45-35(61)37(6,13-21-9-7-8-10-22(21)38)47-33(59)29(20(3)51)44-26(53)16-41-30(56)23(11-12-27(54)55)43-34(60)36(4,5)46-25(52)14-39/h7-10,19-20,23-24,28-30,34,41,43,48,50-51,56,60H,11-17,39H2,1-6H3,(H,40,57)(H,42,58)(H,44,53)(H,45,61)(H,46,52)(H,47,59)(H,54,55)/t19?,20?,23-,24-,28-,29-,30?,34?,37?/m0/s1. The lowest BCUT2D eigenvalue weighted by Gasteiger charge is -2.36. The number of hydrogen-bond acceptors (Lipinski definition) is 16. The number of hydrogen-bond donors (Lipinski definition) is 15. The monoisotopic (exact) mass is 873 g/mol. The molecular weight excluding hydrogens is 813 g/mol. The number of nitrogens with one attached hydrogen (secondary N) is 8. The maximum absolute atomic E-state index is 14.9. The van der Waals surface area contributed by atoms with Gasteiger partial charge in [0.25, 0.3) is 0 Å². The molecule has 0 aliphatic rings. The lowest BCUT2D eigenvalue weighted by molar-refractivity contribution is -0.140. The zero-order valence-corrected chi connectivity index (χ0v) is 34.8. The summed E-state index contributed by atoms with van der Waals surface area (Å²) in [6.45, 7) is 4.81. The first-order chi connectivity index (χ1) is 28.3. The van der Waals surface area contributed by atoms with E-state index in [1.807, 2.05) is 0 Å². The van der Waals surface area contributed by atoms with Gasteiger partial charge in [-0.3, -0.25) is 49.0 Å². The van der Waals surface area contributed by atoms with Gasteiger partial charge in [0.05, 0.1) is 44.0 Å². The van der Waals surface area contributed by atoms with Crippen LogP contribution >= 0.6 is 0 Å². The topological polar surface area (TPSA) is 380 Å². The molecule has 0 fully saturated rings. The van der Waals surface area contributed by atoms with Crippen molar-refractivity contribution in [2.24, 2.45) is 5.73 Å². The second-order valence-electron chi connectivity index (χ2n) is 15.1. The fourth-order valence-corrected chi connectivity index (χ4v) is 5.52. The van der Waals surface area contributed by atoms with E-state index in [0.29, 0.717) is 0 Å². The normalized spacial score (nSPS) is 16.4. The summed E-state index contributed by atoms with van der Waals surface area (Å²) in [5.74, 6) is -8.68. The predicted molar refractivity (Wildman–Crippen MR) is 212 cm³/mol. The summed E-state index contributed by atoms with van der Waals surface area (Å²) in [5, 5.41) is 80.2. The Morgan fingerprint density at radius 3 is 1.92 bits per heavy atom. The first kappa shape index (κ1) is 53.8. The van der Waals surface area contributed by atoms with Crippen molar-refractivity contribution in [3.8, 4) is 0 Å². The molecule has 9 atom stereocenters. The van der Waals surface area contributed by atoms with Crippen molar-refractivity contribution in [2.45, 2.75) is 121 Å². The number of aliphatic hydroxyl groups is 5. The summed E-state index contributed by atoms with van der Waals surface area (Å²) in [4.78, 5) is 101. The number of halogens is 1. The first-order valence-corrected chi connectivity index (χ1v) is 19.1. The zero-order chi connectivity index (χ0) is 46.8. The molecule has 0 spiro atoms. The molecule has 16 N–H and O–H groups in total. The SMILES string of the molecule is CC(=O)CNC(=O)[C@H](CO)NC(=O)[C@@H](NC(=O)C(C)(Cc1ccccc1F)NC(=O)[C@@H](NC(=O)CNC(O)[C@H](CCC(=O)O)NC(O)C(C)(C)NC(=O)CN)C(C)O)C(C)O. The van der Waals surface area contributed by atoms with E-state index in [0.717, 1.165) is 26.8 Å². The van der Waals surface area contributed by atoms with Gasteiger partial charge in [0.2, 0.25) is 35.4 Å². The summed E-state index contributed by atoms with van der Waals surface area (Å²) in [6.07, 6.45) is -8.03. The van der Waals surface area contributed by atoms with Crippen LogP contribution < -0.4 is 48.3 Å². The number of benzene rings is 1. The van der Waals surface area contributed by atoms with Crippen LogP contribution in [0.15, 0.2) is 24.3 Å². The Labute approximate surface area is 351 Å². The highest BCUT2D eigenvalue weighted by Crippen LogP contribution is 2.19. The third-order valence-electron chi connectivity index (χ3n) is 9.09. The average Bonchev–Trinajstić information content (AvgIpc) is 3.17. The summed E-state index contributed by atoms with van der Waals surface area (Å²) < 4.78 is 14.9. The number of rotatable bonds is 27. The van der Waals surface area contributed by atoms with Crippen LogP contribution in [0.4, 0.5) is 4.39 Å². The number of ketones is 1. The number of aliphatic carboxylic acids is 1. The maximum atomic E-state index is 14.9. The maximum Gasteiger partial charge on any atom is 0.303 e. The van der Waals surface area contributed by atoms with Crippen LogP contribution in [0.5, 0.6) is 0 Å². The zero-order valence-electron chi connectivity index (χ0n) is 34.8. The van der Waals surface area contributed by atoms with E-state index in [9.17, 15) is 73.4 Å². The molecule has 1 aromatic carbocycles. The van der Waals surface area contributed by atoms with Crippen LogP contribution in [0.1, 0.15) is 59.9 Å². The molecule has 5 unspecified atom stereocenters. The van der Waals surface area contributed by atoms with Crippen molar-refractivity contribution in [1.29, 1.82) is 0 Å². The van der Waals surface area contributed by atoms with Gasteiger partial charge in [-0.1, -0.05) is 18.2 Å². The van der Waals surface area contributed by atoms with Gasteiger partial charge in [-0.15, -0.1) is 0 Å². The van der Waals surface area contributed by atoms with Crippen LogP contribution in [0.3, 0.4) is 0 Å². The van der Waals surface area contributed by atoms with Crippen molar-refractivity contribution in [3.63, 3.8) is 0 Å². The Kier molecular flexibility index (Phi) is 22.0. The molecule has 6 amide bonds. The molecule has 1 rings (SSSR count). The highest BCUT2D eigenvalue weighted by molar-refractivity contribution is 5.98. The molecular formula is C37H60FN9O14. The smallest absolute Gasteiger partial charge is 0.303 e. The summed E-state index contributed by atoms with van der Waals surface area (Å²) in [7, 11) is 0. The van der Waals surface area contributed by atoms with E-state index < -0.39 is 152 Å². The molecule has 0 radical (unpaired) electrons. The number of Topliss-reactive ketones (excluding diaryl/α,β-unsaturated/α-hetero) is 1. The van der Waals surface area contributed by atoms with Crippen molar-refractivity contribution in [2.75, 3.05) is 26.2 Å². The third kappa shape index (κ3) is 18.1. The van der Waals surface area contributed by atoms with Gasteiger partial charge in [0, 0.05) is 18.9 Å². The Hall–Kier alpha value is -5.21. The number of carbonyl (C=O) groups is 8. The van der Waals surface area contributed by atoms with Crippen molar-refractivity contribution in [1.82, 2.24) is 42.5 Å². The Bertz CT molecular complexity index is 1700. The number of carboxylic acids is 1. The average molecular weight is 874 g/mol. The van der Waals surface area contributed by atoms with Gasteiger partial charge in [-0.25, -0.2) is 4.39 Å². The molecule has 0 aromatic heterocycles. The largest absolute Gasteiger partial charge is 0.481 e. The highest BCUT2D eigenvalue weighted by atomic mass is 19.1. The van der Waals surface area contributed by atoms with Gasteiger partial charge in [0.1, 0.15) is 47.7 Å². The van der Waals surface area contributed by atoms with E-state index in [1.54, 1.807) is 0 Å². The predicted octanol–water partition coefficient (Wildman–Crippen LogP) is -5.94. The molecule has 0 aliphatic heterocycles. The molecule has 0 saturated carbocycles. The minimum absolute atomic E-state index is 0.113. The van der Waals surface area contributed by atoms with Crippen LogP contribution in [0.2, 0.25) is 0 Å². The molecule has 0 bridgehead atoms. The molecule has 61 heavy (non-hydrogen) atoms. The van der Waals surface area contributed by atoms with E-state index in [1.165, 1.54) is 39.0 Å². The Morgan fingerprint density at radius 2 is 1.39 bits per heavy atom. The summed E-state index contributed by atoms with van der Waals surface area (Å²) >= 11 is 0. The molecule has 0 saturated heterocycles. The fourth-order valence-electron chi connectivity index (χ4n) is 5.52. The summed E-state index contributed by atoms with van der Waals surface area (Å²) in [5.41, 5.74) is 1.63. The first-order valence-electron chi connectivity index (χ1n) is 19.1. The Morgan fingerprint density at radius 1 is 0.803 bits per heavy atom. The molecule has 344 valence electrons. The third-order valence-corrected chi connectivity index (χ3v) is 9.09. The second kappa shape index (κ2) is 24.9. The van der Waals surface area contributed by atoms with Crippen LogP contribution in [-0.2, 0) is 44.8 Å². The van der Waals surface area contributed by atoms with Crippen LogP contribution in [0, 0.1) is 5.82 Å². The van der Waals surface area contributed by atoms with Crippen molar-refractivity contribution >= 4 is 47.2 Å². The lowest BCUT2D eigenvalue weighted by Crippen LogP contribution is -2.67. The van der Waals surface area contributed by atoms with E-state index in [-0.39, 0.29) is 12.0 Å². The number of aliphatic hydroxyl groups excluding tert-OH is 5. The molecule has 23 nitrogen and oxygen atoms in total. The van der Waals surface area contributed by atoms with E-state index in [2.05, 4.69) is 42.5 Å². The van der Waals surface area contributed by atoms with Gasteiger partial charge in [-0.05, 0) is 59.6 Å². The molecule has 24 heteroatoms. The van der Waals surface area contributed by atoms with Gasteiger partial charge < -0.3 is 68.3 Å². The summed E-state index contributed by atoms with van der Waals surface area (Å²) in [6, 6.07) is -1.41.